The molecular formula is C12H19N3. The molecule has 0 spiro atoms. The first-order valence-corrected chi connectivity index (χ1v) is 6.09. The molecule has 0 aromatic carbocycles. The van der Waals surface area contributed by atoms with E-state index < -0.39 is 0 Å². The third-order valence-electron chi connectivity index (χ3n) is 3.77. The second kappa shape index (κ2) is 3.34. The van der Waals surface area contributed by atoms with Crippen LogP contribution in [0.25, 0.3) is 0 Å². The molecular weight excluding hydrogens is 186 g/mol. The van der Waals surface area contributed by atoms with Crippen molar-refractivity contribution >= 4 is 0 Å². The van der Waals surface area contributed by atoms with Gasteiger partial charge in [0.15, 0.2) is 0 Å². The van der Waals surface area contributed by atoms with Crippen LogP contribution < -0.4 is 5.73 Å². The smallest absolute Gasteiger partial charge is 0.112 e. The number of hydrogen-bond donors (Lipinski definition) is 1. The molecule has 1 aliphatic carbocycles. The van der Waals surface area contributed by atoms with Crippen LogP contribution in [0.3, 0.4) is 0 Å². The molecule has 0 radical (unpaired) electrons. The summed E-state index contributed by atoms with van der Waals surface area (Å²) >= 11 is 0. The van der Waals surface area contributed by atoms with Crippen molar-refractivity contribution in [1.29, 1.82) is 0 Å². The summed E-state index contributed by atoms with van der Waals surface area (Å²) < 4.78 is 2.47. The number of rotatable bonds is 2. The van der Waals surface area contributed by atoms with E-state index in [9.17, 15) is 0 Å². The zero-order valence-electron chi connectivity index (χ0n) is 9.37. The number of aryl methyl sites for hydroxylation is 1. The molecule has 1 saturated carbocycles. The summed E-state index contributed by atoms with van der Waals surface area (Å²) in [5, 5.41) is 0. The summed E-state index contributed by atoms with van der Waals surface area (Å²) in [6, 6.07) is 0.519. The topological polar surface area (TPSA) is 43.8 Å². The molecule has 3 rings (SSSR count). The van der Waals surface area contributed by atoms with E-state index in [1.165, 1.54) is 49.3 Å². The molecule has 3 heteroatoms. The van der Waals surface area contributed by atoms with Gasteiger partial charge >= 0.3 is 0 Å². The predicted octanol–water partition coefficient (Wildman–Crippen LogP) is 1.91. The van der Waals surface area contributed by atoms with Crippen LogP contribution in [0.15, 0.2) is 0 Å². The SMILES string of the molecule is Cc1nc(C2CC2)n2c1CCCC2CN. The van der Waals surface area contributed by atoms with Crippen LogP contribution in [0.2, 0.25) is 0 Å². The summed E-state index contributed by atoms with van der Waals surface area (Å²) in [6.45, 7) is 2.92. The third-order valence-corrected chi connectivity index (χ3v) is 3.77. The Morgan fingerprint density at radius 1 is 1.40 bits per heavy atom. The molecule has 1 unspecified atom stereocenters. The van der Waals surface area contributed by atoms with E-state index in [4.69, 9.17) is 10.7 Å². The minimum Gasteiger partial charge on any atom is -0.328 e. The van der Waals surface area contributed by atoms with E-state index >= 15 is 0 Å². The van der Waals surface area contributed by atoms with Crippen molar-refractivity contribution in [1.82, 2.24) is 9.55 Å². The maximum Gasteiger partial charge on any atom is 0.112 e. The van der Waals surface area contributed by atoms with Gasteiger partial charge in [0.1, 0.15) is 5.82 Å². The van der Waals surface area contributed by atoms with Crippen molar-refractivity contribution < 1.29 is 0 Å². The zero-order chi connectivity index (χ0) is 10.4. The monoisotopic (exact) mass is 205 g/mol. The lowest BCUT2D eigenvalue weighted by atomic mass is 10.0. The van der Waals surface area contributed by atoms with Crippen molar-refractivity contribution in [2.75, 3.05) is 6.54 Å². The molecule has 0 bridgehead atoms. The Bertz CT molecular complexity index is 376. The van der Waals surface area contributed by atoms with E-state index in [0.29, 0.717) is 6.04 Å². The van der Waals surface area contributed by atoms with Crippen LogP contribution in [-0.2, 0) is 6.42 Å². The third kappa shape index (κ3) is 1.41. The van der Waals surface area contributed by atoms with Crippen molar-refractivity contribution in [3.05, 3.63) is 17.2 Å². The van der Waals surface area contributed by atoms with Gasteiger partial charge in [-0.2, -0.15) is 0 Å². The second-order valence-corrected chi connectivity index (χ2v) is 4.93. The van der Waals surface area contributed by atoms with E-state index in [-0.39, 0.29) is 0 Å². The van der Waals surface area contributed by atoms with Gasteiger partial charge in [0.25, 0.3) is 0 Å². The minimum atomic E-state index is 0.519. The van der Waals surface area contributed by atoms with Crippen LogP contribution in [0, 0.1) is 6.92 Å². The molecule has 1 atom stereocenters. The van der Waals surface area contributed by atoms with Crippen LogP contribution in [0.1, 0.15) is 54.9 Å². The molecule has 3 nitrogen and oxygen atoms in total. The lowest BCUT2D eigenvalue weighted by Crippen LogP contribution is -2.26. The van der Waals surface area contributed by atoms with Gasteiger partial charge in [0, 0.05) is 24.2 Å². The minimum absolute atomic E-state index is 0.519. The average molecular weight is 205 g/mol. The van der Waals surface area contributed by atoms with Crippen molar-refractivity contribution in [3.8, 4) is 0 Å². The van der Waals surface area contributed by atoms with Crippen molar-refractivity contribution in [2.45, 2.75) is 51.0 Å². The van der Waals surface area contributed by atoms with E-state index in [0.717, 1.165) is 12.5 Å². The van der Waals surface area contributed by atoms with E-state index in [1.807, 2.05) is 0 Å². The van der Waals surface area contributed by atoms with Crippen molar-refractivity contribution in [3.63, 3.8) is 0 Å². The van der Waals surface area contributed by atoms with Gasteiger partial charge in [-0.25, -0.2) is 4.98 Å². The molecule has 2 aliphatic rings. The van der Waals surface area contributed by atoms with Crippen LogP contribution in [-0.4, -0.2) is 16.1 Å². The Morgan fingerprint density at radius 3 is 2.87 bits per heavy atom. The Hall–Kier alpha value is -0.830. The highest BCUT2D eigenvalue weighted by Gasteiger charge is 2.33. The first kappa shape index (κ1) is 9.40. The Morgan fingerprint density at radius 2 is 2.20 bits per heavy atom. The second-order valence-electron chi connectivity index (χ2n) is 4.93. The Labute approximate surface area is 90.7 Å². The number of aromatic nitrogens is 2. The number of imidazole rings is 1. The maximum absolute atomic E-state index is 5.87. The quantitative estimate of drug-likeness (QED) is 0.801. The van der Waals surface area contributed by atoms with Crippen LogP contribution >= 0.6 is 0 Å². The predicted molar refractivity (Wildman–Crippen MR) is 60.0 cm³/mol. The molecule has 1 aromatic heterocycles. The lowest BCUT2D eigenvalue weighted by molar-refractivity contribution is 0.397. The molecule has 2 heterocycles. The average Bonchev–Trinajstić information content (AvgIpc) is 3.04. The summed E-state index contributed by atoms with van der Waals surface area (Å²) in [4.78, 5) is 4.76. The van der Waals surface area contributed by atoms with Gasteiger partial charge in [0.05, 0.1) is 5.69 Å². The molecule has 82 valence electrons. The summed E-state index contributed by atoms with van der Waals surface area (Å²) in [6.07, 6.45) is 6.36. The highest BCUT2D eigenvalue weighted by Crippen LogP contribution is 2.42. The molecule has 15 heavy (non-hydrogen) atoms. The fourth-order valence-electron chi connectivity index (χ4n) is 2.80. The van der Waals surface area contributed by atoms with Crippen LogP contribution in [0.5, 0.6) is 0 Å². The molecule has 2 N–H and O–H groups in total. The fraction of sp³-hybridized carbons (Fsp3) is 0.750. The number of nitrogens with two attached hydrogens (primary N) is 1. The molecule has 0 saturated heterocycles. The van der Waals surface area contributed by atoms with Crippen LogP contribution in [0.4, 0.5) is 0 Å². The number of nitrogens with zero attached hydrogens (tertiary/aromatic N) is 2. The first-order valence-electron chi connectivity index (χ1n) is 6.09. The van der Waals surface area contributed by atoms with Gasteiger partial charge in [-0.3, -0.25) is 0 Å². The highest BCUT2D eigenvalue weighted by molar-refractivity contribution is 5.23. The standard InChI is InChI=1S/C12H19N3/c1-8-11-4-2-3-10(7-13)15(11)12(14-8)9-5-6-9/h9-10H,2-7,13H2,1H3. The molecule has 1 fully saturated rings. The normalized spacial score (nSPS) is 25.3. The Balaban J connectivity index is 2.08. The summed E-state index contributed by atoms with van der Waals surface area (Å²) in [5.74, 6) is 2.07. The van der Waals surface area contributed by atoms with E-state index in [1.54, 1.807) is 0 Å². The van der Waals surface area contributed by atoms with Gasteiger partial charge in [-0.1, -0.05) is 0 Å². The van der Waals surface area contributed by atoms with Gasteiger partial charge in [0.2, 0.25) is 0 Å². The van der Waals surface area contributed by atoms with E-state index in [2.05, 4.69) is 11.5 Å². The summed E-state index contributed by atoms with van der Waals surface area (Å²) in [5.41, 5.74) is 8.57. The van der Waals surface area contributed by atoms with Crippen molar-refractivity contribution in [2.24, 2.45) is 5.73 Å². The van der Waals surface area contributed by atoms with Gasteiger partial charge in [-0.15, -0.1) is 0 Å². The highest BCUT2D eigenvalue weighted by atomic mass is 15.1. The largest absolute Gasteiger partial charge is 0.328 e. The van der Waals surface area contributed by atoms with Gasteiger partial charge in [-0.05, 0) is 39.0 Å². The molecule has 1 aliphatic heterocycles. The molecule has 1 aromatic rings. The Kier molecular flexibility index (Phi) is 2.09. The fourth-order valence-corrected chi connectivity index (χ4v) is 2.80. The number of hydrogen-bond acceptors (Lipinski definition) is 2. The molecule has 0 amide bonds. The number of fused-ring (bicyclic) bond motifs is 1. The maximum atomic E-state index is 5.87. The van der Waals surface area contributed by atoms with Gasteiger partial charge < -0.3 is 10.3 Å². The zero-order valence-corrected chi connectivity index (χ0v) is 9.37. The lowest BCUT2D eigenvalue weighted by Gasteiger charge is -2.26. The first-order chi connectivity index (χ1) is 7.31. The summed E-state index contributed by atoms with van der Waals surface area (Å²) in [7, 11) is 0.